The van der Waals surface area contributed by atoms with Gasteiger partial charge in [-0.2, -0.15) is 0 Å². The predicted molar refractivity (Wildman–Crippen MR) is 118 cm³/mol. The summed E-state index contributed by atoms with van der Waals surface area (Å²) in [5, 5.41) is 15.8. The average molecular weight is 418 g/mol. The number of nitrogens with zero attached hydrogens (tertiary/aromatic N) is 5. The van der Waals surface area contributed by atoms with Crippen LogP contribution < -0.4 is 10.6 Å². The number of nitrogens with one attached hydrogen (secondary N) is 2. The topological polar surface area (TPSA) is 70.4 Å². The molecule has 0 amide bonds. The van der Waals surface area contributed by atoms with E-state index in [-0.39, 0.29) is 0 Å². The van der Waals surface area contributed by atoms with E-state index in [2.05, 4.69) is 54.3 Å². The number of aryl methyl sites for hydroxylation is 1. The Morgan fingerprint density at radius 2 is 2.03 bits per heavy atom. The second-order valence-electron chi connectivity index (χ2n) is 7.48. The Kier molecular flexibility index (Phi) is 8.31. The maximum absolute atomic E-state index is 6.30. The minimum Gasteiger partial charge on any atom is -0.356 e. The molecule has 0 radical (unpaired) electrons. The Morgan fingerprint density at radius 3 is 2.76 bits per heavy atom. The van der Waals surface area contributed by atoms with Crippen LogP contribution >= 0.6 is 11.6 Å². The zero-order valence-electron chi connectivity index (χ0n) is 17.4. The molecule has 158 valence electrons. The summed E-state index contributed by atoms with van der Waals surface area (Å²) in [5.74, 6) is 2.54. The zero-order valence-corrected chi connectivity index (χ0v) is 18.2. The Morgan fingerprint density at radius 1 is 1.24 bits per heavy atom. The van der Waals surface area contributed by atoms with E-state index in [0.29, 0.717) is 5.92 Å². The molecule has 1 aromatic heterocycles. The van der Waals surface area contributed by atoms with Gasteiger partial charge in [0.15, 0.2) is 5.96 Å². The molecule has 0 atom stereocenters. The first-order valence-electron chi connectivity index (χ1n) is 10.5. The van der Waals surface area contributed by atoms with E-state index < -0.39 is 0 Å². The fourth-order valence-corrected chi connectivity index (χ4v) is 3.91. The van der Waals surface area contributed by atoms with Crippen LogP contribution in [-0.4, -0.2) is 58.9 Å². The first-order chi connectivity index (χ1) is 14.2. The Balaban J connectivity index is 1.35. The van der Waals surface area contributed by atoms with Gasteiger partial charge in [0, 0.05) is 44.7 Å². The lowest BCUT2D eigenvalue weighted by Crippen LogP contribution is -2.43. The number of piperidine rings is 1. The lowest BCUT2D eigenvalue weighted by molar-refractivity contribution is 0.178. The summed E-state index contributed by atoms with van der Waals surface area (Å²) in [6.45, 7) is 7.82. The maximum atomic E-state index is 6.30. The van der Waals surface area contributed by atoms with Crippen LogP contribution in [0.15, 0.2) is 35.6 Å². The van der Waals surface area contributed by atoms with Crippen molar-refractivity contribution < 1.29 is 0 Å². The fourth-order valence-electron chi connectivity index (χ4n) is 3.71. The third-order valence-electron chi connectivity index (χ3n) is 5.50. The van der Waals surface area contributed by atoms with Gasteiger partial charge in [0.25, 0.3) is 0 Å². The summed E-state index contributed by atoms with van der Waals surface area (Å²) in [6, 6.07) is 8.13. The number of benzene rings is 1. The van der Waals surface area contributed by atoms with Crippen molar-refractivity contribution in [3.8, 4) is 0 Å². The van der Waals surface area contributed by atoms with E-state index in [1.807, 2.05) is 19.2 Å². The van der Waals surface area contributed by atoms with Gasteiger partial charge in [-0.1, -0.05) is 36.7 Å². The van der Waals surface area contributed by atoms with Crippen LogP contribution in [0.1, 0.15) is 31.2 Å². The molecule has 0 saturated carbocycles. The number of halogens is 1. The van der Waals surface area contributed by atoms with Crippen molar-refractivity contribution in [3.05, 3.63) is 47.0 Å². The molecule has 2 heterocycles. The SMILES string of the molecule is CCc1nncn1CCNC(=NC)NCC1CCN(Cc2ccccc2Cl)CC1. The molecule has 0 bridgehead atoms. The normalized spacial score (nSPS) is 16.2. The Bertz CT molecular complexity index is 781. The van der Waals surface area contributed by atoms with Crippen molar-refractivity contribution in [2.75, 3.05) is 33.2 Å². The van der Waals surface area contributed by atoms with Crippen LogP contribution in [-0.2, 0) is 19.5 Å². The second kappa shape index (κ2) is 11.2. The van der Waals surface area contributed by atoms with Gasteiger partial charge < -0.3 is 15.2 Å². The highest BCUT2D eigenvalue weighted by Crippen LogP contribution is 2.21. The van der Waals surface area contributed by atoms with Crippen molar-refractivity contribution in [3.63, 3.8) is 0 Å². The summed E-state index contributed by atoms with van der Waals surface area (Å²) in [7, 11) is 1.82. The second-order valence-corrected chi connectivity index (χ2v) is 7.89. The molecule has 0 spiro atoms. The van der Waals surface area contributed by atoms with E-state index in [0.717, 1.165) is 62.5 Å². The van der Waals surface area contributed by atoms with Crippen molar-refractivity contribution in [2.45, 2.75) is 39.3 Å². The van der Waals surface area contributed by atoms with Gasteiger partial charge in [0.1, 0.15) is 12.2 Å². The Labute approximate surface area is 178 Å². The largest absolute Gasteiger partial charge is 0.356 e. The first kappa shape index (κ1) is 21.6. The van der Waals surface area contributed by atoms with Crippen LogP contribution in [0.3, 0.4) is 0 Å². The van der Waals surface area contributed by atoms with Crippen molar-refractivity contribution >= 4 is 17.6 Å². The molecule has 8 heteroatoms. The molecule has 1 aliphatic rings. The molecule has 2 N–H and O–H groups in total. The van der Waals surface area contributed by atoms with Crippen LogP contribution in [0.2, 0.25) is 5.02 Å². The lowest BCUT2D eigenvalue weighted by Gasteiger charge is -2.32. The maximum Gasteiger partial charge on any atom is 0.191 e. The number of aliphatic imine (C=N–C) groups is 1. The van der Waals surface area contributed by atoms with E-state index in [4.69, 9.17) is 11.6 Å². The first-order valence-corrected chi connectivity index (χ1v) is 10.8. The molecule has 0 aliphatic carbocycles. The van der Waals surface area contributed by atoms with Crippen LogP contribution in [0.25, 0.3) is 0 Å². The van der Waals surface area contributed by atoms with Gasteiger partial charge in [-0.05, 0) is 43.5 Å². The molecular weight excluding hydrogens is 386 g/mol. The number of rotatable bonds is 8. The molecule has 29 heavy (non-hydrogen) atoms. The van der Waals surface area contributed by atoms with Crippen LogP contribution in [0, 0.1) is 5.92 Å². The van der Waals surface area contributed by atoms with Crippen LogP contribution in [0.5, 0.6) is 0 Å². The van der Waals surface area contributed by atoms with Gasteiger partial charge in [-0.25, -0.2) is 0 Å². The zero-order chi connectivity index (χ0) is 20.5. The van der Waals surface area contributed by atoms with Crippen molar-refractivity contribution in [1.29, 1.82) is 0 Å². The van der Waals surface area contributed by atoms with Gasteiger partial charge in [-0.15, -0.1) is 10.2 Å². The molecule has 1 aromatic carbocycles. The Hall–Kier alpha value is -2.12. The quantitative estimate of drug-likeness (QED) is 0.510. The smallest absolute Gasteiger partial charge is 0.191 e. The molecule has 1 fully saturated rings. The third kappa shape index (κ3) is 6.44. The number of likely N-dealkylation sites (tertiary alicyclic amines) is 1. The summed E-state index contributed by atoms with van der Waals surface area (Å²) in [4.78, 5) is 6.84. The van der Waals surface area contributed by atoms with Crippen LogP contribution in [0.4, 0.5) is 0 Å². The molecule has 1 aliphatic heterocycles. The minimum absolute atomic E-state index is 0.667. The lowest BCUT2D eigenvalue weighted by atomic mass is 9.96. The highest BCUT2D eigenvalue weighted by Gasteiger charge is 2.20. The molecule has 7 nitrogen and oxygen atoms in total. The van der Waals surface area contributed by atoms with Gasteiger partial charge in [0.05, 0.1) is 0 Å². The van der Waals surface area contributed by atoms with E-state index in [9.17, 15) is 0 Å². The number of guanidine groups is 1. The highest BCUT2D eigenvalue weighted by molar-refractivity contribution is 6.31. The highest BCUT2D eigenvalue weighted by atomic mass is 35.5. The van der Waals surface area contributed by atoms with Gasteiger partial charge >= 0.3 is 0 Å². The van der Waals surface area contributed by atoms with Crippen molar-refractivity contribution in [1.82, 2.24) is 30.3 Å². The van der Waals surface area contributed by atoms with E-state index in [1.165, 1.54) is 18.4 Å². The monoisotopic (exact) mass is 417 g/mol. The fraction of sp³-hybridized carbons (Fsp3) is 0.571. The average Bonchev–Trinajstić information content (AvgIpc) is 3.21. The number of aromatic nitrogens is 3. The molecule has 0 unspecified atom stereocenters. The molecular formula is C21H32ClN7. The van der Waals surface area contributed by atoms with E-state index >= 15 is 0 Å². The summed E-state index contributed by atoms with van der Waals surface area (Å²) in [6.07, 6.45) is 5.05. The van der Waals surface area contributed by atoms with E-state index in [1.54, 1.807) is 6.33 Å². The summed E-state index contributed by atoms with van der Waals surface area (Å²) >= 11 is 6.30. The predicted octanol–water partition coefficient (Wildman–Crippen LogP) is 2.57. The summed E-state index contributed by atoms with van der Waals surface area (Å²) < 4.78 is 2.08. The third-order valence-corrected chi connectivity index (χ3v) is 5.87. The number of hydrogen-bond donors (Lipinski definition) is 2. The van der Waals surface area contributed by atoms with Gasteiger partial charge in [-0.3, -0.25) is 9.89 Å². The molecule has 2 aromatic rings. The molecule has 3 rings (SSSR count). The molecule has 1 saturated heterocycles. The van der Waals surface area contributed by atoms with Crippen molar-refractivity contribution in [2.24, 2.45) is 10.9 Å². The minimum atomic E-state index is 0.667. The number of hydrogen-bond acceptors (Lipinski definition) is 4. The standard InChI is InChI=1S/C21H32ClN7/c1-3-20-27-26-16-29(20)13-10-24-21(23-2)25-14-17-8-11-28(12-9-17)15-18-6-4-5-7-19(18)22/h4-7,16-17H,3,8-15H2,1-2H3,(H2,23,24,25). The van der Waals surface area contributed by atoms with Gasteiger partial charge in [0.2, 0.25) is 0 Å². The summed E-state index contributed by atoms with van der Waals surface area (Å²) in [5.41, 5.74) is 1.22.